The number of carbonyl (C=O) groups is 1. The predicted molar refractivity (Wildman–Crippen MR) is 96.4 cm³/mol. The lowest BCUT2D eigenvalue weighted by molar-refractivity contribution is -0.221. The van der Waals surface area contributed by atoms with Gasteiger partial charge in [0.05, 0.1) is 4.90 Å². The molecule has 0 spiro atoms. The zero-order valence-corrected chi connectivity index (χ0v) is 15.8. The first-order valence-corrected chi connectivity index (χ1v) is 9.82. The van der Waals surface area contributed by atoms with Crippen LogP contribution in [0, 0.1) is 6.92 Å². The molecule has 1 saturated heterocycles. The van der Waals surface area contributed by atoms with Crippen LogP contribution in [0.1, 0.15) is 5.76 Å². The number of hydrogen-bond donors (Lipinski definition) is 6. The highest BCUT2D eigenvalue weighted by Gasteiger charge is 2.46. The molecule has 2 aromatic rings. The fourth-order valence-corrected chi connectivity index (χ4v) is 3.69. The minimum Gasteiger partial charge on any atom is -0.479 e. The average Bonchev–Trinajstić information content (AvgIpc) is 3.06. The Kier molecular flexibility index (Phi) is 5.77. The molecule has 1 aromatic heterocycles. The van der Waals surface area contributed by atoms with E-state index >= 15 is 0 Å². The van der Waals surface area contributed by atoms with Crippen LogP contribution in [0.3, 0.4) is 0 Å². The normalized spacial score (nSPS) is 27.4. The van der Waals surface area contributed by atoms with Gasteiger partial charge < -0.3 is 35.0 Å². The molecule has 0 radical (unpaired) electrons. The number of carboxylic acid groups (broad SMARTS) is 1. The van der Waals surface area contributed by atoms with Crippen molar-refractivity contribution in [1.29, 1.82) is 0 Å². The van der Waals surface area contributed by atoms with Crippen LogP contribution in [-0.2, 0) is 19.6 Å². The number of aliphatic carboxylic acids is 1. The SMILES string of the molecule is Cc1cc(NS(=O)(=O)c2ccc(NC3O[C@H](C(=O)O)[C@@H](O)[C@H](O)[C@H]3O)cc2)no1. The van der Waals surface area contributed by atoms with Gasteiger partial charge in [0.15, 0.2) is 18.1 Å². The van der Waals surface area contributed by atoms with E-state index in [1.54, 1.807) is 6.92 Å². The Hall–Kier alpha value is -2.71. The third-order valence-electron chi connectivity index (χ3n) is 4.20. The second kappa shape index (κ2) is 7.96. The zero-order chi connectivity index (χ0) is 21.3. The van der Waals surface area contributed by atoms with Crippen LogP contribution in [-0.4, -0.2) is 70.6 Å². The molecule has 0 bridgehead atoms. The van der Waals surface area contributed by atoms with E-state index in [1.807, 2.05) is 0 Å². The van der Waals surface area contributed by atoms with Gasteiger partial charge in [-0.25, -0.2) is 13.2 Å². The van der Waals surface area contributed by atoms with E-state index in [0.29, 0.717) is 5.76 Å². The summed E-state index contributed by atoms with van der Waals surface area (Å²) < 4.78 is 36.9. The maximum atomic E-state index is 12.4. The molecule has 0 saturated carbocycles. The molecule has 1 aliphatic rings. The van der Waals surface area contributed by atoms with E-state index in [1.165, 1.54) is 30.3 Å². The van der Waals surface area contributed by atoms with Gasteiger partial charge in [-0.15, -0.1) is 0 Å². The first-order chi connectivity index (χ1) is 13.6. The number of carboxylic acids is 1. The molecule has 6 N–H and O–H groups in total. The van der Waals surface area contributed by atoms with Gasteiger partial charge in [-0.3, -0.25) is 4.72 Å². The molecule has 2 heterocycles. The predicted octanol–water partition coefficient (Wildman–Crippen LogP) is -0.912. The molecule has 0 aliphatic carbocycles. The highest BCUT2D eigenvalue weighted by Crippen LogP contribution is 2.24. The number of rotatable bonds is 6. The first-order valence-electron chi connectivity index (χ1n) is 8.34. The summed E-state index contributed by atoms with van der Waals surface area (Å²) in [7, 11) is -3.93. The van der Waals surface area contributed by atoms with Crippen molar-refractivity contribution in [2.75, 3.05) is 10.0 Å². The number of anilines is 2. The number of aliphatic hydroxyl groups is 3. The van der Waals surface area contributed by atoms with Crippen molar-refractivity contribution in [3.8, 4) is 0 Å². The van der Waals surface area contributed by atoms with E-state index < -0.39 is 46.6 Å². The highest BCUT2D eigenvalue weighted by molar-refractivity contribution is 7.92. The Morgan fingerprint density at radius 1 is 1.10 bits per heavy atom. The number of sulfonamides is 1. The fourth-order valence-electron chi connectivity index (χ4n) is 2.71. The van der Waals surface area contributed by atoms with Gasteiger partial charge >= 0.3 is 5.97 Å². The lowest BCUT2D eigenvalue weighted by atomic mass is 9.98. The van der Waals surface area contributed by atoms with Gasteiger partial charge in [0.2, 0.25) is 0 Å². The van der Waals surface area contributed by atoms with Gasteiger partial charge in [0.25, 0.3) is 10.0 Å². The quantitative estimate of drug-likeness (QED) is 0.333. The van der Waals surface area contributed by atoms with Crippen molar-refractivity contribution < 1.29 is 42.9 Å². The summed E-state index contributed by atoms with van der Waals surface area (Å²) in [5, 5.41) is 44.8. The third kappa shape index (κ3) is 4.49. The zero-order valence-electron chi connectivity index (χ0n) is 15.0. The van der Waals surface area contributed by atoms with Gasteiger partial charge in [0, 0.05) is 11.8 Å². The van der Waals surface area contributed by atoms with Crippen molar-refractivity contribution >= 4 is 27.5 Å². The lowest BCUT2D eigenvalue weighted by Gasteiger charge is -2.39. The minimum absolute atomic E-state index is 0.0238. The molecule has 3 rings (SSSR count). The number of hydrogen-bond acceptors (Lipinski definition) is 10. The fraction of sp³-hybridized carbons (Fsp3) is 0.375. The molecule has 29 heavy (non-hydrogen) atoms. The molecular weight excluding hydrogens is 410 g/mol. The molecule has 1 aromatic carbocycles. The van der Waals surface area contributed by atoms with E-state index in [2.05, 4.69) is 15.2 Å². The number of benzene rings is 1. The van der Waals surface area contributed by atoms with Gasteiger partial charge in [-0.05, 0) is 31.2 Å². The minimum atomic E-state index is -3.93. The van der Waals surface area contributed by atoms with Crippen molar-refractivity contribution in [3.63, 3.8) is 0 Å². The summed E-state index contributed by atoms with van der Waals surface area (Å²) in [5.74, 6) is -1.05. The number of nitrogens with zero attached hydrogens (tertiary/aromatic N) is 1. The maximum absolute atomic E-state index is 12.4. The van der Waals surface area contributed by atoms with Crippen LogP contribution >= 0.6 is 0 Å². The summed E-state index contributed by atoms with van der Waals surface area (Å²) in [6.45, 7) is 1.61. The summed E-state index contributed by atoms with van der Waals surface area (Å²) in [6.07, 6.45) is -8.29. The molecule has 0 amide bonds. The molecule has 1 aliphatic heterocycles. The molecule has 1 fully saturated rings. The molecular formula is C16H19N3O9S. The van der Waals surface area contributed by atoms with Crippen LogP contribution < -0.4 is 10.0 Å². The Bertz CT molecular complexity index is 976. The van der Waals surface area contributed by atoms with Crippen LogP contribution in [0.4, 0.5) is 11.5 Å². The van der Waals surface area contributed by atoms with Crippen molar-refractivity contribution in [3.05, 3.63) is 36.1 Å². The summed E-state index contributed by atoms with van der Waals surface area (Å²) in [4.78, 5) is 11.0. The third-order valence-corrected chi connectivity index (χ3v) is 5.57. The van der Waals surface area contributed by atoms with Gasteiger partial charge in [0.1, 0.15) is 24.1 Å². The van der Waals surface area contributed by atoms with Crippen molar-refractivity contribution in [2.24, 2.45) is 0 Å². The molecule has 158 valence electrons. The van der Waals surface area contributed by atoms with Crippen molar-refractivity contribution in [1.82, 2.24) is 5.16 Å². The van der Waals surface area contributed by atoms with Crippen molar-refractivity contribution in [2.45, 2.75) is 42.5 Å². The average molecular weight is 429 g/mol. The summed E-state index contributed by atoms with van der Waals surface area (Å²) >= 11 is 0. The van der Waals surface area contributed by atoms with Crippen LogP contribution in [0.2, 0.25) is 0 Å². The maximum Gasteiger partial charge on any atom is 0.335 e. The standard InChI is InChI=1S/C16H19N3O9S/c1-7-6-10(18-28-7)19-29(25,26)9-4-2-8(3-5-9)17-15-13(22)11(20)12(21)14(27-15)16(23)24/h2-6,11-15,17,20-22H,1H3,(H,18,19)(H,23,24)/t11-,12-,13+,14-,15?/m0/s1. The topological polar surface area (TPSA) is 191 Å². The molecule has 12 nitrogen and oxygen atoms in total. The number of ether oxygens (including phenoxy) is 1. The molecule has 1 unspecified atom stereocenters. The second-order valence-corrected chi connectivity index (χ2v) is 8.07. The van der Waals surface area contributed by atoms with Gasteiger partial charge in [-0.1, -0.05) is 5.16 Å². The first kappa shape index (κ1) is 21.0. The molecule has 5 atom stereocenters. The summed E-state index contributed by atoms with van der Waals surface area (Å²) in [5.41, 5.74) is 0.276. The Labute approximate surface area is 164 Å². The van der Waals surface area contributed by atoms with E-state index in [0.717, 1.165) is 0 Å². The summed E-state index contributed by atoms with van der Waals surface area (Å²) in [6, 6.07) is 6.63. The van der Waals surface area contributed by atoms with Crippen LogP contribution in [0.25, 0.3) is 0 Å². The molecule has 13 heteroatoms. The number of nitrogens with one attached hydrogen (secondary N) is 2. The highest BCUT2D eigenvalue weighted by atomic mass is 32.2. The largest absolute Gasteiger partial charge is 0.479 e. The Balaban J connectivity index is 1.72. The Morgan fingerprint density at radius 2 is 1.76 bits per heavy atom. The van der Waals surface area contributed by atoms with Gasteiger partial charge in [-0.2, -0.15) is 0 Å². The number of aliphatic hydroxyl groups excluding tert-OH is 3. The second-order valence-electron chi connectivity index (χ2n) is 6.38. The number of aryl methyl sites for hydroxylation is 1. The van der Waals surface area contributed by atoms with Crippen LogP contribution in [0.15, 0.2) is 39.8 Å². The lowest BCUT2D eigenvalue weighted by Crippen LogP contribution is -2.61. The van der Waals surface area contributed by atoms with E-state index in [4.69, 9.17) is 14.4 Å². The smallest absolute Gasteiger partial charge is 0.335 e. The monoisotopic (exact) mass is 429 g/mol. The number of aromatic nitrogens is 1. The van der Waals surface area contributed by atoms with Crippen LogP contribution in [0.5, 0.6) is 0 Å². The van der Waals surface area contributed by atoms with E-state index in [-0.39, 0.29) is 16.4 Å². The Morgan fingerprint density at radius 3 is 2.31 bits per heavy atom. The van der Waals surface area contributed by atoms with E-state index in [9.17, 15) is 28.5 Å².